The zero-order valence-corrected chi connectivity index (χ0v) is 16.7. The van der Waals surface area contributed by atoms with Gasteiger partial charge < -0.3 is 10.1 Å². The highest BCUT2D eigenvalue weighted by Crippen LogP contribution is 2.39. The number of amides is 1. The van der Waals surface area contributed by atoms with Crippen LogP contribution in [0.1, 0.15) is 35.9 Å². The van der Waals surface area contributed by atoms with Gasteiger partial charge in [0.1, 0.15) is 5.54 Å². The number of aryl methyl sites for hydroxylation is 1. The van der Waals surface area contributed by atoms with Crippen LogP contribution in [0.3, 0.4) is 0 Å². The van der Waals surface area contributed by atoms with Crippen molar-refractivity contribution < 1.29 is 14.3 Å². The van der Waals surface area contributed by atoms with Crippen LogP contribution >= 0.6 is 11.6 Å². The van der Waals surface area contributed by atoms with Gasteiger partial charge in [0.15, 0.2) is 6.61 Å². The van der Waals surface area contributed by atoms with Gasteiger partial charge in [-0.05, 0) is 56.9 Å². The molecule has 1 fully saturated rings. The van der Waals surface area contributed by atoms with Crippen LogP contribution in [0.4, 0.5) is 0 Å². The van der Waals surface area contributed by atoms with Crippen LogP contribution in [0, 0.1) is 24.2 Å². The molecule has 9 heteroatoms. The zero-order valence-electron chi connectivity index (χ0n) is 15.9. The Bertz CT molecular complexity index is 1050. The summed E-state index contributed by atoms with van der Waals surface area (Å²) in [6.45, 7) is 2.70. The molecule has 1 N–H and O–H groups in total. The Hall–Kier alpha value is -3.18. The Kier molecular flexibility index (Phi) is 5.71. The molecule has 0 aliphatic heterocycles. The maximum absolute atomic E-state index is 12.3. The molecule has 0 radical (unpaired) electrons. The zero-order chi connectivity index (χ0) is 21.2. The molecule has 1 amide bonds. The fraction of sp³-hybridized carbons (Fsp3) is 0.350. The molecular formula is C20H19ClN4O4. The number of esters is 1. The third-order valence-electron chi connectivity index (χ3n) is 4.73. The third-order valence-corrected chi connectivity index (χ3v) is 4.98. The second-order valence-electron chi connectivity index (χ2n) is 7.10. The van der Waals surface area contributed by atoms with Gasteiger partial charge in [-0.3, -0.25) is 9.59 Å². The highest BCUT2D eigenvalue weighted by molar-refractivity contribution is 6.30. The quantitative estimate of drug-likeness (QED) is 0.724. The van der Waals surface area contributed by atoms with Crippen molar-refractivity contribution in [1.82, 2.24) is 15.1 Å². The number of nitrogens with one attached hydrogen (secondary N) is 1. The molecule has 1 aliphatic carbocycles. The summed E-state index contributed by atoms with van der Waals surface area (Å²) < 4.78 is 6.36. The molecule has 150 valence electrons. The molecule has 2 aromatic rings. The summed E-state index contributed by atoms with van der Waals surface area (Å²) in [6.07, 6.45) is 1.73. The molecule has 1 saturated carbocycles. The predicted molar refractivity (Wildman–Crippen MR) is 105 cm³/mol. The molecule has 1 heterocycles. The van der Waals surface area contributed by atoms with Gasteiger partial charge in [0.25, 0.3) is 5.91 Å². The van der Waals surface area contributed by atoms with Crippen LogP contribution in [0.15, 0.2) is 35.1 Å². The van der Waals surface area contributed by atoms with E-state index in [1.807, 2.05) is 0 Å². The molecule has 0 unspecified atom stereocenters. The lowest BCUT2D eigenvalue weighted by molar-refractivity contribution is -0.125. The van der Waals surface area contributed by atoms with Gasteiger partial charge in [-0.2, -0.15) is 10.4 Å². The van der Waals surface area contributed by atoms with Crippen molar-refractivity contribution in [2.75, 3.05) is 6.61 Å². The third kappa shape index (κ3) is 4.63. The molecule has 29 heavy (non-hydrogen) atoms. The Morgan fingerprint density at radius 1 is 1.38 bits per heavy atom. The molecule has 8 nitrogen and oxygen atoms in total. The minimum absolute atomic E-state index is 0.0949. The number of aromatic nitrogens is 2. The van der Waals surface area contributed by atoms with Gasteiger partial charge >= 0.3 is 5.97 Å². The minimum atomic E-state index is -1.02. The first-order valence-electron chi connectivity index (χ1n) is 9.00. The Morgan fingerprint density at radius 3 is 2.62 bits per heavy atom. The lowest BCUT2D eigenvalue weighted by Gasteiger charge is -2.22. The number of hydrogen-bond acceptors (Lipinski definition) is 6. The summed E-state index contributed by atoms with van der Waals surface area (Å²) in [5.74, 6) is -1.53. The maximum atomic E-state index is 12.3. The predicted octanol–water partition coefficient (Wildman–Crippen LogP) is 2.16. The number of ether oxygens (including phenoxy) is 1. The average molecular weight is 415 g/mol. The van der Waals surface area contributed by atoms with E-state index in [9.17, 15) is 19.6 Å². The molecule has 1 aromatic heterocycles. The molecular weight excluding hydrogens is 396 g/mol. The number of halogens is 1. The van der Waals surface area contributed by atoms with Crippen molar-refractivity contribution >= 4 is 23.5 Å². The largest absolute Gasteiger partial charge is 0.451 e. The fourth-order valence-electron chi connectivity index (χ4n) is 2.94. The van der Waals surface area contributed by atoms with E-state index in [0.717, 1.165) is 12.8 Å². The van der Waals surface area contributed by atoms with Crippen LogP contribution in [0.2, 0.25) is 5.02 Å². The van der Waals surface area contributed by atoms with E-state index < -0.39 is 35.1 Å². The first-order chi connectivity index (χ1) is 13.7. The minimum Gasteiger partial charge on any atom is -0.451 e. The lowest BCUT2D eigenvalue weighted by atomic mass is 9.98. The molecule has 1 aliphatic rings. The summed E-state index contributed by atoms with van der Waals surface area (Å²) >= 11 is 5.88. The van der Waals surface area contributed by atoms with Crippen molar-refractivity contribution in [3.05, 3.63) is 57.0 Å². The van der Waals surface area contributed by atoms with Gasteiger partial charge in [0, 0.05) is 16.8 Å². The Labute approximate surface area is 172 Å². The summed E-state index contributed by atoms with van der Waals surface area (Å²) in [5.41, 5.74) is -0.928. The van der Waals surface area contributed by atoms with E-state index in [1.165, 1.54) is 10.7 Å². The van der Waals surface area contributed by atoms with Gasteiger partial charge in [0.05, 0.1) is 11.8 Å². The van der Waals surface area contributed by atoms with E-state index in [-0.39, 0.29) is 5.92 Å². The van der Waals surface area contributed by atoms with E-state index >= 15 is 0 Å². The van der Waals surface area contributed by atoms with Crippen LogP contribution in [0.5, 0.6) is 0 Å². The standard InChI is InChI=1S/C20H19ClN4O4/c1-12-9-16(26)18(24-25(12)15-7-5-14(21)6-8-15)19(28)29-10-17(27)23-20(2,11-22)13-3-4-13/h5-9,13H,3-4,10H2,1-2H3,(H,23,27)/t20-/m0/s1. The van der Waals surface area contributed by atoms with Crippen LogP contribution < -0.4 is 10.7 Å². The molecule has 3 rings (SSSR count). The summed E-state index contributed by atoms with van der Waals surface area (Å²) in [5, 5.41) is 16.5. The second kappa shape index (κ2) is 8.05. The van der Waals surface area contributed by atoms with Crippen LogP contribution in [-0.4, -0.2) is 33.8 Å². The van der Waals surface area contributed by atoms with Crippen molar-refractivity contribution in [2.45, 2.75) is 32.2 Å². The number of carbonyl (C=O) groups excluding carboxylic acids is 2. The normalized spacial score (nSPS) is 15.1. The highest BCUT2D eigenvalue weighted by atomic mass is 35.5. The average Bonchev–Trinajstić information content (AvgIpc) is 3.53. The summed E-state index contributed by atoms with van der Waals surface area (Å²) in [6, 6.07) is 10.0. The van der Waals surface area contributed by atoms with Crippen molar-refractivity contribution in [1.29, 1.82) is 5.26 Å². The smallest absolute Gasteiger partial charge is 0.363 e. The van der Waals surface area contributed by atoms with Crippen molar-refractivity contribution in [3.63, 3.8) is 0 Å². The van der Waals surface area contributed by atoms with Crippen molar-refractivity contribution in [3.8, 4) is 11.8 Å². The Morgan fingerprint density at radius 2 is 2.03 bits per heavy atom. The number of nitriles is 1. The number of hydrogen-bond donors (Lipinski definition) is 1. The maximum Gasteiger partial charge on any atom is 0.363 e. The first kappa shape index (κ1) is 20.6. The van der Waals surface area contributed by atoms with Gasteiger partial charge in [-0.25, -0.2) is 9.48 Å². The van der Waals surface area contributed by atoms with Gasteiger partial charge in [-0.1, -0.05) is 11.6 Å². The van der Waals surface area contributed by atoms with E-state index in [4.69, 9.17) is 16.3 Å². The van der Waals surface area contributed by atoms with Gasteiger partial charge in [-0.15, -0.1) is 0 Å². The first-order valence-corrected chi connectivity index (χ1v) is 9.37. The summed E-state index contributed by atoms with van der Waals surface area (Å²) in [4.78, 5) is 36.6. The molecule has 1 aromatic carbocycles. The van der Waals surface area contributed by atoms with Gasteiger partial charge in [0.2, 0.25) is 11.1 Å². The van der Waals surface area contributed by atoms with E-state index in [1.54, 1.807) is 38.1 Å². The number of nitrogens with zero attached hydrogens (tertiary/aromatic N) is 3. The Balaban J connectivity index is 1.73. The monoisotopic (exact) mass is 414 g/mol. The van der Waals surface area contributed by atoms with E-state index in [2.05, 4.69) is 16.5 Å². The molecule has 0 spiro atoms. The lowest BCUT2D eigenvalue weighted by Crippen LogP contribution is -2.48. The topological polar surface area (TPSA) is 114 Å². The highest BCUT2D eigenvalue weighted by Gasteiger charge is 2.43. The summed E-state index contributed by atoms with van der Waals surface area (Å²) in [7, 11) is 0. The number of benzene rings is 1. The molecule has 0 saturated heterocycles. The number of rotatable bonds is 6. The van der Waals surface area contributed by atoms with Crippen LogP contribution in [-0.2, 0) is 9.53 Å². The van der Waals surface area contributed by atoms with E-state index in [0.29, 0.717) is 16.4 Å². The van der Waals surface area contributed by atoms with Crippen LogP contribution in [0.25, 0.3) is 5.69 Å². The number of carbonyl (C=O) groups is 2. The fourth-order valence-corrected chi connectivity index (χ4v) is 3.07. The van der Waals surface area contributed by atoms with Crippen molar-refractivity contribution in [2.24, 2.45) is 5.92 Å². The SMILES string of the molecule is Cc1cc(=O)c(C(=O)OCC(=O)N[C@@](C)(C#N)C2CC2)nn1-c1ccc(Cl)cc1. The molecule has 1 atom stereocenters. The second-order valence-corrected chi connectivity index (χ2v) is 7.54. The molecule has 0 bridgehead atoms.